The molecule has 0 bridgehead atoms. The van der Waals surface area contributed by atoms with Crippen LogP contribution < -0.4 is 9.64 Å². The summed E-state index contributed by atoms with van der Waals surface area (Å²) in [6, 6.07) is 6.08. The van der Waals surface area contributed by atoms with Crippen LogP contribution in [-0.4, -0.2) is 17.8 Å². The molecule has 0 saturated carbocycles. The third-order valence-electron chi connectivity index (χ3n) is 2.58. The van der Waals surface area contributed by atoms with Gasteiger partial charge in [0.1, 0.15) is 5.75 Å². The van der Waals surface area contributed by atoms with Crippen LogP contribution in [0.2, 0.25) is 0 Å². The molecule has 0 saturated heterocycles. The van der Waals surface area contributed by atoms with Crippen LogP contribution in [0.15, 0.2) is 48.6 Å². The van der Waals surface area contributed by atoms with Gasteiger partial charge in [0.2, 0.25) is 0 Å². The van der Waals surface area contributed by atoms with Gasteiger partial charge < -0.3 is 4.74 Å². The zero-order valence-electron chi connectivity index (χ0n) is 10.3. The molecule has 2 rings (SSSR count). The van der Waals surface area contributed by atoms with E-state index in [0.29, 0.717) is 17.0 Å². The molecule has 0 fully saturated rings. The molecule has 0 aliphatic carbocycles. The van der Waals surface area contributed by atoms with Gasteiger partial charge in [0, 0.05) is 17.7 Å². The van der Waals surface area contributed by atoms with E-state index in [-0.39, 0.29) is 11.8 Å². The van der Waals surface area contributed by atoms with E-state index in [9.17, 15) is 14.4 Å². The first-order valence-electron chi connectivity index (χ1n) is 5.54. The van der Waals surface area contributed by atoms with E-state index in [0.717, 1.165) is 11.0 Å². The quantitative estimate of drug-likeness (QED) is 0.357. The Balaban J connectivity index is 2.20. The van der Waals surface area contributed by atoms with E-state index in [4.69, 9.17) is 4.74 Å². The van der Waals surface area contributed by atoms with E-state index < -0.39 is 5.97 Å². The number of benzene rings is 1. The summed E-state index contributed by atoms with van der Waals surface area (Å²) in [7, 11) is 0. The van der Waals surface area contributed by atoms with E-state index >= 15 is 0 Å². The molecule has 0 radical (unpaired) electrons. The Morgan fingerprint density at radius 2 is 1.89 bits per heavy atom. The van der Waals surface area contributed by atoms with Crippen molar-refractivity contribution in [3.63, 3.8) is 0 Å². The lowest BCUT2D eigenvalue weighted by atomic mass is 10.2. The molecule has 0 spiro atoms. The van der Waals surface area contributed by atoms with E-state index in [1.165, 1.54) is 30.3 Å². The van der Waals surface area contributed by atoms with Crippen molar-refractivity contribution in [2.45, 2.75) is 6.92 Å². The number of imide groups is 1. The number of carbonyl (C=O) groups excluding carboxylic acids is 3. The monoisotopic (exact) mass is 257 g/mol. The first-order chi connectivity index (χ1) is 9.02. The number of ether oxygens (including phenoxy) is 1. The highest BCUT2D eigenvalue weighted by Gasteiger charge is 2.29. The van der Waals surface area contributed by atoms with Crippen molar-refractivity contribution in [3.05, 3.63) is 48.6 Å². The summed E-state index contributed by atoms with van der Waals surface area (Å²) in [6.07, 6.45) is 2.34. The molecular formula is C14H11NO4. The number of esters is 1. The fourth-order valence-corrected chi connectivity index (χ4v) is 1.65. The van der Waals surface area contributed by atoms with Gasteiger partial charge in [-0.3, -0.25) is 9.59 Å². The molecule has 0 unspecified atom stereocenters. The topological polar surface area (TPSA) is 63.7 Å². The van der Waals surface area contributed by atoms with Crippen molar-refractivity contribution in [2.75, 3.05) is 4.90 Å². The largest absolute Gasteiger partial charge is 0.423 e. The van der Waals surface area contributed by atoms with E-state index in [1.807, 2.05) is 0 Å². The molecule has 5 nitrogen and oxygen atoms in total. The van der Waals surface area contributed by atoms with Crippen LogP contribution in [0, 0.1) is 0 Å². The average molecular weight is 257 g/mol. The van der Waals surface area contributed by atoms with Crippen molar-refractivity contribution in [1.29, 1.82) is 0 Å². The Labute approximate surface area is 109 Å². The normalized spacial score (nSPS) is 14.4. The highest BCUT2D eigenvalue weighted by Crippen LogP contribution is 2.24. The third kappa shape index (κ3) is 2.44. The van der Waals surface area contributed by atoms with Crippen molar-refractivity contribution >= 4 is 23.5 Å². The summed E-state index contributed by atoms with van der Waals surface area (Å²) in [4.78, 5) is 35.5. The lowest BCUT2D eigenvalue weighted by Gasteiger charge is -2.14. The highest BCUT2D eigenvalue weighted by atomic mass is 16.5. The molecule has 5 heteroatoms. The smallest absolute Gasteiger partial charge is 0.335 e. The molecule has 1 aromatic carbocycles. The lowest BCUT2D eigenvalue weighted by molar-refractivity contribution is -0.129. The molecule has 0 aromatic heterocycles. The van der Waals surface area contributed by atoms with Gasteiger partial charge in [-0.15, -0.1) is 0 Å². The molecule has 0 atom stereocenters. The van der Waals surface area contributed by atoms with Crippen LogP contribution >= 0.6 is 0 Å². The summed E-state index contributed by atoms with van der Waals surface area (Å²) in [5, 5.41) is 0. The Morgan fingerprint density at radius 1 is 1.26 bits per heavy atom. The molecule has 96 valence electrons. The Bertz CT molecular complexity index is 598. The maximum absolute atomic E-state index is 11.8. The fourth-order valence-electron chi connectivity index (χ4n) is 1.65. The Kier molecular flexibility index (Phi) is 3.29. The van der Waals surface area contributed by atoms with E-state index in [2.05, 4.69) is 6.58 Å². The molecular weight excluding hydrogens is 246 g/mol. The first kappa shape index (κ1) is 12.8. The molecule has 19 heavy (non-hydrogen) atoms. The summed E-state index contributed by atoms with van der Waals surface area (Å²) < 4.78 is 4.90. The molecule has 2 amide bonds. The van der Waals surface area contributed by atoms with Crippen LogP contribution in [0.1, 0.15) is 6.92 Å². The highest BCUT2D eigenvalue weighted by molar-refractivity contribution is 6.30. The SMILES string of the molecule is C=CC(=O)Oc1ccc(N2C(=O)C=C(C)C2=O)cc1. The van der Waals surface area contributed by atoms with Crippen LogP contribution in [-0.2, 0) is 14.4 Å². The standard InChI is InChI=1S/C14H11NO4/c1-3-13(17)19-11-6-4-10(5-7-11)15-12(16)8-9(2)14(15)18/h3-8H,1H2,2H3. The van der Waals surface area contributed by atoms with Gasteiger partial charge in [-0.1, -0.05) is 6.58 Å². The van der Waals surface area contributed by atoms with Gasteiger partial charge in [-0.05, 0) is 31.2 Å². The second-order valence-electron chi connectivity index (χ2n) is 3.93. The number of anilines is 1. The van der Waals surface area contributed by atoms with Crippen molar-refractivity contribution < 1.29 is 19.1 Å². The molecule has 1 aromatic rings. The number of hydrogen-bond acceptors (Lipinski definition) is 4. The minimum Gasteiger partial charge on any atom is -0.423 e. The predicted octanol–water partition coefficient (Wildman–Crippen LogP) is 1.60. The summed E-state index contributed by atoms with van der Waals surface area (Å²) in [6.45, 7) is 4.87. The zero-order chi connectivity index (χ0) is 14.0. The van der Waals surface area contributed by atoms with Gasteiger partial charge in [0.25, 0.3) is 11.8 Å². The number of rotatable bonds is 3. The zero-order valence-corrected chi connectivity index (χ0v) is 10.3. The Hall–Kier alpha value is -2.69. The first-order valence-corrected chi connectivity index (χ1v) is 5.54. The van der Waals surface area contributed by atoms with Crippen LogP contribution in [0.4, 0.5) is 5.69 Å². The summed E-state index contributed by atoms with van der Waals surface area (Å²) >= 11 is 0. The van der Waals surface area contributed by atoms with Gasteiger partial charge >= 0.3 is 5.97 Å². The number of amides is 2. The van der Waals surface area contributed by atoms with Crippen LogP contribution in [0.5, 0.6) is 5.75 Å². The van der Waals surface area contributed by atoms with Gasteiger partial charge in [-0.25, -0.2) is 9.69 Å². The van der Waals surface area contributed by atoms with Gasteiger partial charge in [0.15, 0.2) is 0 Å². The van der Waals surface area contributed by atoms with Gasteiger partial charge in [0.05, 0.1) is 5.69 Å². The number of carbonyl (C=O) groups is 3. The predicted molar refractivity (Wildman–Crippen MR) is 68.5 cm³/mol. The maximum Gasteiger partial charge on any atom is 0.335 e. The molecule has 1 heterocycles. The van der Waals surface area contributed by atoms with Crippen molar-refractivity contribution in [1.82, 2.24) is 0 Å². The average Bonchev–Trinajstić information content (AvgIpc) is 2.64. The van der Waals surface area contributed by atoms with Gasteiger partial charge in [-0.2, -0.15) is 0 Å². The Morgan fingerprint density at radius 3 is 2.37 bits per heavy atom. The maximum atomic E-state index is 11.8. The minimum absolute atomic E-state index is 0.317. The second kappa shape index (κ2) is 4.89. The second-order valence-corrected chi connectivity index (χ2v) is 3.93. The van der Waals surface area contributed by atoms with Crippen molar-refractivity contribution in [3.8, 4) is 5.75 Å². The third-order valence-corrected chi connectivity index (χ3v) is 2.58. The summed E-state index contributed by atoms with van der Waals surface area (Å²) in [5.41, 5.74) is 0.827. The molecule has 1 aliphatic heterocycles. The number of hydrogen-bond donors (Lipinski definition) is 0. The molecule has 0 N–H and O–H groups in total. The minimum atomic E-state index is -0.571. The number of nitrogens with zero attached hydrogens (tertiary/aromatic N) is 1. The molecule has 1 aliphatic rings. The lowest BCUT2D eigenvalue weighted by Crippen LogP contribution is -2.30. The van der Waals surface area contributed by atoms with E-state index in [1.54, 1.807) is 6.92 Å². The fraction of sp³-hybridized carbons (Fsp3) is 0.0714. The van der Waals surface area contributed by atoms with Crippen LogP contribution in [0.25, 0.3) is 0 Å². The summed E-state index contributed by atoms with van der Waals surface area (Å²) in [5.74, 6) is -0.977. The van der Waals surface area contributed by atoms with Crippen molar-refractivity contribution in [2.24, 2.45) is 0 Å². The van der Waals surface area contributed by atoms with Crippen LogP contribution in [0.3, 0.4) is 0 Å².